The number of benzene rings is 2. The van der Waals surface area contributed by atoms with Crippen molar-refractivity contribution >= 4 is 10.9 Å². The van der Waals surface area contributed by atoms with Crippen LogP contribution >= 0.6 is 0 Å². The molecule has 1 aliphatic heterocycles. The van der Waals surface area contributed by atoms with E-state index in [2.05, 4.69) is 45.9 Å². The lowest BCUT2D eigenvalue weighted by atomic mass is 9.47. The Morgan fingerprint density at radius 1 is 1.03 bits per heavy atom. The maximum atomic E-state index is 13.7. The SMILES string of the molecule is CC[C@@H]1[C@@H](c2ccc(OC)c(OC)c2)[C@H]2c3c(c4cc(C)ccc4n(C)c3=O)OC(C)(C)[C@@H]12. The molecule has 0 saturated heterocycles. The number of fused-ring (bicyclic) bond motifs is 5. The van der Waals surface area contributed by atoms with Crippen LogP contribution in [0.4, 0.5) is 0 Å². The third-order valence-corrected chi connectivity index (χ3v) is 8.00. The summed E-state index contributed by atoms with van der Waals surface area (Å²) in [6, 6.07) is 12.4. The highest BCUT2D eigenvalue weighted by Gasteiger charge is 2.61. The van der Waals surface area contributed by atoms with Gasteiger partial charge in [-0.3, -0.25) is 4.79 Å². The summed E-state index contributed by atoms with van der Waals surface area (Å²) < 4.78 is 19.6. The Morgan fingerprint density at radius 2 is 1.76 bits per heavy atom. The van der Waals surface area contributed by atoms with Gasteiger partial charge < -0.3 is 18.8 Å². The fourth-order valence-corrected chi connectivity index (χ4v) is 6.56. The average Bonchev–Trinajstić information content (AvgIpc) is 2.77. The normalized spacial score (nSPS) is 24.9. The van der Waals surface area contributed by atoms with Crippen LogP contribution in [-0.4, -0.2) is 24.4 Å². The zero-order valence-corrected chi connectivity index (χ0v) is 20.6. The quantitative estimate of drug-likeness (QED) is 0.526. The highest BCUT2D eigenvalue weighted by molar-refractivity contribution is 5.88. The minimum absolute atomic E-state index is 0.0480. The van der Waals surface area contributed by atoms with Gasteiger partial charge in [0.2, 0.25) is 0 Å². The van der Waals surface area contributed by atoms with Gasteiger partial charge in [-0.2, -0.15) is 0 Å². The molecule has 0 N–H and O–H groups in total. The molecule has 5 heteroatoms. The number of ether oxygens (including phenoxy) is 3. The van der Waals surface area contributed by atoms with Crippen LogP contribution in [0, 0.1) is 18.8 Å². The Balaban J connectivity index is 1.76. The van der Waals surface area contributed by atoms with Crippen molar-refractivity contribution in [3.05, 3.63) is 63.4 Å². The van der Waals surface area contributed by atoms with Gasteiger partial charge >= 0.3 is 0 Å². The summed E-state index contributed by atoms with van der Waals surface area (Å²) in [5, 5.41) is 1.02. The smallest absolute Gasteiger partial charge is 0.258 e. The summed E-state index contributed by atoms with van der Waals surface area (Å²) in [6.45, 7) is 8.68. The second-order valence-electron chi connectivity index (χ2n) is 10.1. The first kappa shape index (κ1) is 21.9. The van der Waals surface area contributed by atoms with Crippen LogP contribution < -0.4 is 19.8 Å². The van der Waals surface area contributed by atoms with Crippen LogP contribution in [0.1, 0.15) is 55.7 Å². The Kier molecular flexibility index (Phi) is 5.00. The van der Waals surface area contributed by atoms with E-state index in [0.717, 1.165) is 45.7 Å². The molecular formula is C28H33NO4. The van der Waals surface area contributed by atoms with Gasteiger partial charge in [-0.25, -0.2) is 0 Å². The molecule has 0 unspecified atom stereocenters. The van der Waals surface area contributed by atoms with Crippen molar-refractivity contribution < 1.29 is 14.2 Å². The molecular weight excluding hydrogens is 414 g/mol. The minimum atomic E-state index is -0.367. The molecule has 5 nitrogen and oxygen atoms in total. The Morgan fingerprint density at radius 3 is 2.42 bits per heavy atom. The van der Waals surface area contributed by atoms with Gasteiger partial charge in [0.15, 0.2) is 11.5 Å². The summed E-state index contributed by atoms with van der Waals surface area (Å²) in [4.78, 5) is 13.7. The zero-order chi connectivity index (χ0) is 23.7. The van der Waals surface area contributed by atoms with Crippen molar-refractivity contribution in [1.82, 2.24) is 4.57 Å². The van der Waals surface area contributed by atoms with Crippen LogP contribution in [0.15, 0.2) is 41.2 Å². The summed E-state index contributed by atoms with van der Waals surface area (Å²) in [5.74, 6) is 3.20. The molecule has 174 valence electrons. The number of methoxy groups -OCH3 is 2. The molecule has 1 fully saturated rings. The fourth-order valence-electron chi connectivity index (χ4n) is 6.56. The van der Waals surface area contributed by atoms with Gasteiger partial charge in [0, 0.05) is 24.3 Å². The van der Waals surface area contributed by atoms with Gasteiger partial charge in [-0.1, -0.05) is 31.0 Å². The number of aryl methyl sites for hydroxylation is 2. The van der Waals surface area contributed by atoms with Crippen molar-refractivity contribution in [2.75, 3.05) is 14.2 Å². The highest BCUT2D eigenvalue weighted by atomic mass is 16.5. The van der Waals surface area contributed by atoms with E-state index >= 15 is 0 Å². The lowest BCUT2D eigenvalue weighted by Gasteiger charge is -2.60. The van der Waals surface area contributed by atoms with E-state index in [1.54, 1.807) is 18.8 Å². The molecule has 33 heavy (non-hydrogen) atoms. The van der Waals surface area contributed by atoms with Crippen molar-refractivity contribution in [1.29, 1.82) is 0 Å². The molecule has 2 heterocycles. The number of pyridine rings is 1. The molecule has 0 radical (unpaired) electrons. The summed E-state index contributed by atoms with van der Waals surface area (Å²) in [6.07, 6.45) is 1.02. The van der Waals surface area contributed by atoms with Crippen molar-refractivity contribution in [2.24, 2.45) is 18.9 Å². The zero-order valence-electron chi connectivity index (χ0n) is 20.6. The van der Waals surface area contributed by atoms with Crippen LogP contribution in [-0.2, 0) is 7.05 Å². The predicted octanol–water partition coefficient (Wildman–Crippen LogP) is 5.56. The van der Waals surface area contributed by atoms with Gasteiger partial charge in [0.05, 0.1) is 25.3 Å². The van der Waals surface area contributed by atoms with Gasteiger partial charge in [-0.15, -0.1) is 0 Å². The summed E-state index contributed by atoms with van der Waals surface area (Å²) in [5.41, 5.74) is 3.76. The standard InChI is InChI=1S/C28H33NO4/c1-8-17-22(16-10-12-20(31-6)21(14-16)32-7)23-24-26(33-28(3,4)25(17)23)18-13-15(2)9-11-19(18)29(5)27(24)30/h9-14,17,22-23,25H,8H2,1-7H3/t17-,22-,23+,25+/m1/s1. The molecule has 1 saturated carbocycles. The molecule has 1 aromatic heterocycles. The first-order valence-corrected chi connectivity index (χ1v) is 11.8. The van der Waals surface area contributed by atoms with E-state index in [9.17, 15) is 4.79 Å². The van der Waals surface area contributed by atoms with E-state index < -0.39 is 0 Å². The maximum absolute atomic E-state index is 13.7. The third-order valence-electron chi connectivity index (χ3n) is 8.00. The summed E-state index contributed by atoms with van der Waals surface area (Å²) in [7, 11) is 5.19. The van der Waals surface area contributed by atoms with Crippen molar-refractivity contribution in [3.63, 3.8) is 0 Å². The Labute approximate surface area is 195 Å². The van der Waals surface area contributed by atoms with E-state index in [4.69, 9.17) is 14.2 Å². The van der Waals surface area contributed by atoms with Gasteiger partial charge in [0.25, 0.3) is 5.56 Å². The van der Waals surface area contributed by atoms with E-state index in [1.807, 2.05) is 25.2 Å². The van der Waals surface area contributed by atoms with Crippen LogP contribution in [0.3, 0.4) is 0 Å². The predicted molar refractivity (Wildman–Crippen MR) is 131 cm³/mol. The Hall–Kier alpha value is -2.95. The topological polar surface area (TPSA) is 49.7 Å². The molecule has 4 atom stereocenters. The van der Waals surface area contributed by atoms with Crippen LogP contribution in [0.25, 0.3) is 10.9 Å². The number of hydrogen-bond acceptors (Lipinski definition) is 4. The minimum Gasteiger partial charge on any atom is -0.493 e. The van der Waals surface area contributed by atoms with E-state index in [-0.39, 0.29) is 28.9 Å². The van der Waals surface area contributed by atoms with Crippen LogP contribution in [0.2, 0.25) is 0 Å². The fraction of sp³-hybridized carbons (Fsp3) is 0.464. The number of aromatic nitrogens is 1. The average molecular weight is 448 g/mol. The lowest BCUT2D eigenvalue weighted by molar-refractivity contribution is -0.0903. The maximum Gasteiger partial charge on any atom is 0.258 e. The second kappa shape index (κ2) is 7.54. The molecule has 3 aromatic rings. The van der Waals surface area contributed by atoms with Crippen LogP contribution in [0.5, 0.6) is 17.2 Å². The highest BCUT2D eigenvalue weighted by Crippen LogP contribution is 2.66. The van der Waals surface area contributed by atoms with Gasteiger partial charge in [-0.05, 0) is 62.4 Å². The number of rotatable bonds is 4. The first-order valence-electron chi connectivity index (χ1n) is 11.8. The largest absolute Gasteiger partial charge is 0.493 e. The molecule has 5 rings (SSSR count). The van der Waals surface area contributed by atoms with Crippen molar-refractivity contribution in [2.45, 2.75) is 51.6 Å². The third kappa shape index (κ3) is 3.01. The monoisotopic (exact) mass is 447 g/mol. The molecule has 1 aliphatic carbocycles. The van der Waals surface area contributed by atoms with E-state index in [1.165, 1.54) is 5.56 Å². The molecule has 2 aromatic carbocycles. The Bertz CT molecular complexity index is 1310. The van der Waals surface area contributed by atoms with Gasteiger partial charge in [0.1, 0.15) is 11.4 Å². The second-order valence-corrected chi connectivity index (χ2v) is 10.1. The number of nitrogens with zero attached hydrogens (tertiary/aromatic N) is 1. The van der Waals surface area contributed by atoms with Crippen molar-refractivity contribution in [3.8, 4) is 17.2 Å². The number of hydrogen-bond donors (Lipinski definition) is 0. The molecule has 0 amide bonds. The molecule has 0 bridgehead atoms. The van der Waals surface area contributed by atoms with E-state index in [0.29, 0.717) is 5.92 Å². The first-order chi connectivity index (χ1) is 15.7. The molecule has 2 aliphatic rings. The summed E-state index contributed by atoms with van der Waals surface area (Å²) >= 11 is 0. The molecule has 0 spiro atoms. The lowest BCUT2D eigenvalue weighted by Crippen LogP contribution is -2.59.